The van der Waals surface area contributed by atoms with Crippen LogP contribution in [0.3, 0.4) is 0 Å². The third kappa shape index (κ3) is 3.05. The van der Waals surface area contributed by atoms with Crippen molar-refractivity contribution in [1.82, 2.24) is 4.72 Å². The summed E-state index contributed by atoms with van der Waals surface area (Å²) in [5.74, 6) is 0. The smallest absolute Gasteiger partial charge is 0.240 e. The number of piperidine rings is 1. The molecular formula is C13H21N3O3S. The molecule has 1 aromatic carbocycles. The standard InChI is InChI=1S/C13H21N3O3S/c1-13(17)6-3-7-16(9-13)12-8-10(4-5-11(12)14)20(18,19)15-2/h4-5,8,15,17H,3,6-7,9,14H2,1-2H3. The first-order chi connectivity index (χ1) is 9.25. The van der Waals surface area contributed by atoms with Gasteiger partial charge in [0.15, 0.2) is 0 Å². The third-order valence-corrected chi connectivity index (χ3v) is 5.01. The van der Waals surface area contributed by atoms with Gasteiger partial charge in [-0.2, -0.15) is 0 Å². The predicted octanol–water partition coefficient (Wildman–Crippen LogP) is 0.528. The summed E-state index contributed by atoms with van der Waals surface area (Å²) in [7, 11) is -2.13. The van der Waals surface area contributed by atoms with Gasteiger partial charge in [0.1, 0.15) is 0 Å². The van der Waals surface area contributed by atoms with Gasteiger partial charge in [-0.15, -0.1) is 0 Å². The topological polar surface area (TPSA) is 95.7 Å². The van der Waals surface area contributed by atoms with E-state index < -0.39 is 15.6 Å². The number of nitrogens with two attached hydrogens (primary N) is 1. The van der Waals surface area contributed by atoms with E-state index in [9.17, 15) is 13.5 Å². The number of β-amino-alcohol motifs (C(OH)–C–C–N with tert-alkyl or cyclic N) is 1. The molecule has 1 aliphatic heterocycles. The normalized spacial score (nSPS) is 23.9. The van der Waals surface area contributed by atoms with E-state index in [1.54, 1.807) is 19.1 Å². The number of hydrogen-bond acceptors (Lipinski definition) is 5. The molecule has 4 N–H and O–H groups in total. The molecule has 112 valence electrons. The summed E-state index contributed by atoms with van der Waals surface area (Å²) in [6, 6.07) is 4.62. The van der Waals surface area contributed by atoms with Crippen LogP contribution in [0.1, 0.15) is 19.8 Å². The van der Waals surface area contributed by atoms with Crippen LogP contribution >= 0.6 is 0 Å². The molecule has 0 amide bonds. The van der Waals surface area contributed by atoms with Crippen LogP contribution in [0.2, 0.25) is 0 Å². The molecule has 1 saturated heterocycles. The van der Waals surface area contributed by atoms with Crippen LogP contribution in [0.5, 0.6) is 0 Å². The Labute approximate surface area is 119 Å². The molecule has 1 unspecified atom stereocenters. The molecule has 0 aliphatic carbocycles. The first kappa shape index (κ1) is 15.1. The van der Waals surface area contributed by atoms with Gasteiger partial charge in [0.2, 0.25) is 10.0 Å². The van der Waals surface area contributed by atoms with Crippen molar-refractivity contribution in [2.75, 3.05) is 30.8 Å². The molecule has 1 aliphatic rings. The number of benzene rings is 1. The number of sulfonamides is 1. The monoisotopic (exact) mass is 299 g/mol. The molecule has 0 radical (unpaired) electrons. The average molecular weight is 299 g/mol. The number of aliphatic hydroxyl groups is 1. The lowest BCUT2D eigenvalue weighted by Crippen LogP contribution is -2.46. The summed E-state index contributed by atoms with van der Waals surface area (Å²) in [5.41, 5.74) is 6.35. The second kappa shape index (κ2) is 5.23. The van der Waals surface area contributed by atoms with Crippen LogP contribution in [0.25, 0.3) is 0 Å². The second-order valence-electron chi connectivity index (χ2n) is 5.45. The molecule has 0 aromatic heterocycles. The van der Waals surface area contributed by atoms with Crippen molar-refractivity contribution in [2.45, 2.75) is 30.3 Å². The number of anilines is 2. The van der Waals surface area contributed by atoms with E-state index in [4.69, 9.17) is 5.73 Å². The van der Waals surface area contributed by atoms with E-state index in [0.717, 1.165) is 19.4 Å². The van der Waals surface area contributed by atoms with Crippen molar-refractivity contribution in [3.8, 4) is 0 Å². The number of nitrogens with one attached hydrogen (secondary N) is 1. The van der Waals surface area contributed by atoms with E-state index >= 15 is 0 Å². The Morgan fingerprint density at radius 3 is 2.75 bits per heavy atom. The largest absolute Gasteiger partial charge is 0.397 e. The predicted molar refractivity (Wildman–Crippen MR) is 79.2 cm³/mol. The molecule has 7 heteroatoms. The zero-order valence-corrected chi connectivity index (χ0v) is 12.6. The van der Waals surface area contributed by atoms with Crippen LogP contribution < -0.4 is 15.4 Å². The van der Waals surface area contributed by atoms with Gasteiger partial charge in [-0.25, -0.2) is 13.1 Å². The van der Waals surface area contributed by atoms with Crippen LogP contribution in [0.4, 0.5) is 11.4 Å². The Bertz CT molecular complexity index is 599. The maximum Gasteiger partial charge on any atom is 0.240 e. The highest BCUT2D eigenvalue weighted by molar-refractivity contribution is 7.89. The van der Waals surface area contributed by atoms with Gasteiger partial charge < -0.3 is 15.7 Å². The fourth-order valence-electron chi connectivity index (χ4n) is 2.51. The Morgan fingerprint density at radius 1 is 1.45 bits per heavy atom. The van der Waals surface area contributed by atoms with Crippen LogP contribution in [0, 0.1) is 0 Å². The fourth-order valence-corrected chi connectivity index (χ4v) is 3.26. The molecule has 1 aromatic rings. The zero-order valence-electron chi connectivity index (χ0n) is 11.8. The molecule has 1 heterocycles. The number of rotatable bonds is 3. The third-order valence-electron chi connectivity index (χ3n) is 3.60. The van der Waals surface area contributed by atoms with Gasteiger partial charge in [0.05, 0.1) is 21.9 Å². The molecule has 2 rings (SSSR count). The first-order valence-corrected chi connectivity index (χ1v) is 8.04. The summed E-state index contributed by atoms with van der Waals surface area (Å²) in [6.07, 6.45) is 1.58. The van der Waals surface area contributed by atoms with Crippen molar-refractivity contribution in [3.63, 3.8) is 0 Å². The van der Waals surface area contributed by atoms with Crippen molar-refractivity contribution >= 4 is 21.4 Å². The van der Waals surface area contributed by atoms with Crippen LogP contribution in [-0.2, 0) is 10.0 Å². The zero-order chi connectivity index (χ0) is 15.0. The summed E-state index contributed by atoms with van der Waals surface area (Å²) < 4.78 is 26.0. The van der Waals surface area contributed by atoms with Crippen molar-refractivity contribution < 1.29 is 13.5 Å². The fraction of sp³-hybridized carbons (Fsp3) is 0.538. The summed E-state index contributed by atoms with van der Waals surface area (Å²) in [5, 5.41) is 10.2. The Morgan fingerprint density at radius 2 is 2.15 bits per heavy atom. The first-order valence-electron chi connectivity index (χ1n) is 6.56. The highest BCUT2D eigenvalue weighted by Gasteiger charge is 2.29. The van der Waals surface area contributed by atoms with Gasteiger partial charge in [-0.05, 0) is 45.0 Å². The van der Waals surface area contributed by atoms with Gasteiger partial charge in [0.25, 0.3) is 0 Å². The van der Waals surface area contributed by atoms with Gasteiger partial charge >= 0.3 is 0 Å². The molecule has 0 bridgehead atoms. The quantitative estimate of drug-likeness (QED) is 0.708. The van der Waals surface area contributed by atoms with E-state index in [0.29, 0.717) is 17.9 Å². The van der Waals surface area contributed by atoms with E-state index in [1.807, 2.05) is 4.90 Å². The minimum absolute atomic E-state index is 0.175. The lowest BCUT2D eigenvalue weighted by Gasteiger charge is -2.38. The van der Waals surface area contributed by atoms with Crippen molar-refractivity contribution in [2.24, 2.45) is 0 Å². The van der Waals surface area contributed by atoms with Crippen molar-refractivity contribution in [3.05, 3.63) is 18.2 Å². The Kier molecular flexibility index (Phi) is 3.95. The molecule has 1 atom stereocenters. The maximum absolute atomic E-state index is 11.9. The van der Waals surface area contributed by atoms with E-state index in [2.05, 4.69) is 4.72 Å². The summed E-state index contributed by atoms with van der Waals surface area (Å²) in [4.78, 5) is 2.11. The lowest BCUT2D eigenvalue weighted by molar-refractivity contribution is 0.0449. The molecule has 1 fully saturated rings. The van der Waals surface area contributed by atoms with Gasteiger partial charge in [-0.3, -0.25) is 0 Å². The molecule has 0 saturated carbocycles. The SMILES string of the molecule is CNS(=O)(=O)c1ccc(N)c(N2CCCC(C)(O)C2)c1. The molecule has 6 nitrogen and oxygen atoms in total. The number of hydrogen-bond donors (Lipinski definition) is 3. The maximum atomic E-state index is 11.9. The molecule has 0 spiro atoms. The summed E-state index contributed by atoms with van der Waals surface area (Å²) in [6.45, 7) is 2.98. The van der Waals surface area contributed by atoms with Gasteiger partial charge in [-0.1, -0.05) is 0 Å². The summed E-state index contributed by atoms with van der Waals surface area (Å²) >= 11 is 0. The van der Waals surface area contributed by atoms with Crippen molar-refractivity contribution in [1.29, 1.82) is 0 Å². The average Bonchev–Trinajstić information content (AvgIpc) is 2.37. The Hall–Kier alpha value is -1.31. The second-order valence-corrected chi connectivity index (χ2v) is 7.34. The van der Waals surface area contributed by atoms with E-state index in [1.165, 1.54) is 13.1 Å². The van der Waals surface area contributed by atoms with Gasteiger partial charge in [0, 0.05) is 13.1 Å². The van der Waals surface area contributed by atoms with Crippen LogP contribution in [-0.4, -0.2) is 39.3 Å². The highest BCUT2D eigenvalue weighted by Crippen LogP contribution is 2.31. The van der Waals surface area contributed by atoms with Crippen LogP contribution in [0.15, 0.2) is 23.1 Å². The minimum Gasteiger partial charge on any atom is -0.397 e. The Balaban J connectivity index is 2.39. The molecule has 20 heavy (non-hydrogen) atoms. The lowest BCUT2D eigenvalue weighted by atomic mass is 9.94. The number of nitrogen functional groups attached to an aromatic ring is 1. The molecular weight excluding hydrogens is 278 g/mol. The minimum atomic E-state index is -3.50. The highest BCUT2D eigenvalue weighted by atomic mass is 32.2. The number of nitrogens with zero attached hydrogens (tertiary/aromatic N) is 1. The van der Waals surface area contributed by atoms with E-state index in [-0.39, 0.29) is 4.90 Å².